The SMILES string of the molecule is CC1(C)CC[C@]2(CN)CCC3C(C(=O)C[C@@H]4[C@@]5(C)C=C(C#N)C(=O)C(C)(C)[C@@H]5CC[C@@]34C)C2C1. The largest absolute Gasteiger partial charge is 0.330 e. The van der Waals surface area contributed by atoms with E-state index in [1.807, 2.05) is 19.9 Å². The van der Waals surface area contributed by atoms with Crippen LogP contribution < -0.4 is 5.73 Å². The summed E-state index contributed by atoms with van der Waals surface area (Å²) in [5, 5.41) is 9.81. The smallest absolute Gasteiger partial charge is 0.178 e. The summed E-state index contributed by atoms with van der Waals surface area (Å²) < 4.78 is 0. The number of nitriles is 1. The van der Waals surface area contributed by atoms with Gasteiger partial charge in [0, 0.05) is 17.8 Å². The fourth-order valence-electron chi connectivity index (χ4n) is 10.4. The fourth-order valence-corrected chi connectivity index (χ4v) is 10.4. The van der Waals surface area contributed by atoms with E-state index in [1.165, 1.54) is 6.42 Å². The van der Waals surface area contributed by atoms with E-state index >= 15 is 0 Å². The summed E-state index contributed by atoms with van der Waals surface area (Å²) in [4.78, 5) is 27.3. The second-order valence-corrected chi connectivity index (χ2v) is 14.6. The molecule has 0 bridgehead atoms. The van der Waals surface area contributed by atoms with Crippen LogP contribution in [0.15, 0.2) is 11.6 Å². The Balaban J connectivity index is 1.59. The number of hydrogen-bond donors (Lipinski definition) is 1. The molecule has 0 aromatic rings. The number of ketones is 2. The van der Waals surface area contributed by atoms with Crippen LogP contribution in [-0.4, -0.2) is 18.1 Å². The van der Waals surface area contributed by atoms with Crippen molar-refractivity contribution in [2.75, 3.05) is 6.54 Å². The highest BCUT2D eigenvalue weighted by atomic mass is 16.1. The Morgan fingerprint density at radius 2 is 1.68 bits per heavy atom. The van der Waals surface area contributed by atoms with Gasteiger partial charge < -0.3 is 5.73 Å². The lowest BCUT2D eigenvalue weighted by atomic mass is 9.35. The molecule has 0 aromatic heterocycles. The standard InChI is InChI=1S/C30H44N2O2/c1-26(2)11-12-30(17-32)10-7-19-24(20(30)15-26)21(33)13-23-28(19,5)9-8-22-27(3,4)25(34)18(16-31)14-29(22,23)6/h14,19-20,22-24H,7-13,15,17,32H2,1-6H3/t19?,20?,22-,23-,24?,28-,29-,30-/m0/s1. The van der Waals surface area contributed by atoms with Gasteiger partial charge in [-0.25, -0.2) is 0 Å². The van der Waals surface area contributed by atoms with Gasteiger partial charge in [0.2, 0.25) is 0 Å². The van der Waals surface area contributed by atoms with E-state index < -0.39 is 5.41 Å². The van der Waals surface area contributed by atoms with E-state index in [0.717, 1.165) is 38.5 Å². The molecule has 0 radical (unpaired) electrons. The summed E-state index contributed by atoms with van der Waals surface area (Å²) in [6.45, 7) is 14.2. The molecule has 5 rings (SSSR count). The molecule has 0 heterocycles. The fraction of sp³-hybridized carbons (Fsp3) is 0.833. The number of nitrogens with zero attached hydrogens (tertiary/aromatic N) is 1. The lowest BCUT2D eigenvalue weighted by molar-refractivity contribution is -0.189. The van der Waals surface area contributed by atoms with Crippen molar-refractivity contribution >= 4 is 11.6 Å². The van der Waals surface area contributed by atoms with E-state index in [1.54, 1.807) is 0 Å². The molecule has 4 heteroatoms. The van der Waals surface area contributed by atoms with Gasteiger partial charge in [0.25, 0.3) is 0 Å². The monoisotopic (exact) mass is 464 g/mol. The van der Waals surface area contributed by atoms with Gasteiger partial charge in [-0.3, -0.25) is 9.59 Å². The molecule has 0 aromatic carbocycles. The topological polar surface area (TPSA) is 83.9 Å². The second kappa shape index (κ2) is 7.28. The van der Waals surface area contributed by atoms with Crippen LogP contribution in [0.2, 0.25) is 0 Å². The highest BCUT2D eigenvalue weighted by Gasteiger charge is 2.68. The minimum atomic E-state index is -0.565. The zero-order valence-electron chi connectivity index (χ0n) is 22.2. The Morgan fingerprint density at radius 1 is 0.971 bits per heavy atom. The first-order valence-corrected chi connectivity index (χ1v) is 13.7. The first-order valence-electron chi connectivity index (χ1n) is 13.7. The van der Waals surface area contributed by atoms with Crippen LogP contribution in [0.5, 0.6) is 0 Å². The van der Waals surface area contributed by atoms with Crippen molar-refractivity contribution in [3.63, 3.8) is 0 Å². The summed E-state index contributed by atoms with van der Waals surface area (Å²) in [5.74, 6) is 1.68. The predicted molar refractivity (Wildman–Crippen MR) is 133 cm³/mol. The first-order chi connectivity index (χ1) is 15.8. The van der Waals surface area contributed by atoms with Crippen LogP contribution in [-0.2, 0) is 9.59 Å². The Hall–Kier alpha value is -1.47. The van der Waals surface area contributed by atoms with Gasteiger partial charge in [-0.15, -0.1) is 0 Å². The van der Waals surface area contributed by atoms with E-state index in [-0.39, 0.29) is 45.2 Å². The highest BCUT2D eigenvalue weighted by molar-refractivity contribution is 6.04. The number of carbonyl (C=O) groups is 2. The molecule has 2 N–H and O–H groups in total. The van der Waals surface area contributed by atoms with E-state index in [9.17, 15) is 14.9 Å². The lowest BCUT2D eigenvalue weighted by Gasteiger charge is -2.68. The maximum atomic E-state index is 14.1. The van der Waals surface area contributed by atoms with Gasteiger partial charge in [-0.05, 0) is 96.8 Å². The van der Waals surface area contributed by atoms with Crippen molar-refractivity contribution in [2.24, 2.45) is 62.4 Å². The van der Waals surface area contributed by atoms with Crippen LogP contribution in [0.25, 0.3) is 0 Å². The van der Waals surface area contributed by atoms with Gasteiger partial charge in [-0.2, -0.15) is 5.26 Å². The lowest BCUT2D eigenvalue weighted by Crippen LogP contribution is -2.65. The molecule has 0 spiro atoms. The van der Waals surface area contributed by atoms with Crippen molar-refractivity contribution in [2.45, 2.75) is 92.9 Å². The minimum absolute atomic E-state index is 0.0177. The summed E-state index contributed by atoms with van der Waals surface area (Å²) in [6, 6.07) is 2.21. The normalized spacial score (nSPS) is 49.0. The van der Waals surface area contributed by atoms with Gasteiger partial charge in [0.15, 0.2) is 5.78 Å². The van der Waals surface area contributed by atoms with Crippen molar-refractivity contribution in [1.29, 1.82) is 5.26 Å². The van der Waals surface area contributed by atoms with Crippen LogP contribution >= 0.6 is 0 Å². The van der Waals surface area contributed by atoms with Crippen LogP contribution in [0.1, 0.15) is 92.9 Å². The van der Waals surface area contributed by atoms with Gasteiger partial charge in [0.1, 0.15) is 11.9 Å². The number of Topliss-reactive ketones (excluding diaryl/α,β-unsaturated/α-hetero) is 2. The molecule has 8 atom stereocenters. The molecule has 5 aliphatic rings. The second-order valence-electron chi connectivity index (χ2n) is 14.6. The van der Waals surface area contributed by atoms with E-state index in [4.69, 9.17) is 5.73 Å². The molecule has 3 unspecified atom stereocenters. The molecule has 0 amide bonds. The molecular formula is C30H44N2O2. The Morgan fingerprint density at radius 3 is 2.32 bits per heavy atom. The quantitative estimate of drug-likeness (QED) is 0.527. The third-order valence-corrected chi connectivity index (χ3v) is 12.3. The number of hydrogen-bond acceptors (Lipinski definition) is 4. The zero-order chi connectivity index (χ0) is 24.9. The molecule has 5 aliphatic carbocycles. The average Bonchev–Trinajstić information content (AvgIpc) is 2.77. The third kappa shape index (κ3) is 2.98. The zero-order valence-corrected chi connectivity index (χ0v) is 22.2. The summed E-state index contributed by atoms with van der Waals surface area (Å²) in [6.07, 6.45) is 10.4. The van der Waals surface area contributed by atoms with Crippen molar-refractivity contribution in [3.8, 4) is 6.07 Å². The average molecular weight is 465 g/mol. The molecule has 4 nitrogen and oxygen atoms in total. The molecule has 4 fully saturated rings. The number of allylic oxidation sites excluding steroid dienone is 2. The van der Waals surface area contributed by atoms with Gasteiger partial charge >= 0.3 is 0 Å². The number of carbonyl (C=O) groups excluding carboxylic acids is 2. The molecule has 186 valence electrons. The van der Waals surface area contributed by atoms with Crippen LogP contribution in [0.4, 0.5) is 0 Å². The van der Waals surface area contributed by atoms with E-state index in [0.29, 0.717) is 36.2 Å². The molecule has 4 saturated carbocycles. The summed E-state index contributed by atoms with van der Waals surface area (Å²) >= 11 is 0. The van der Waals surface area contributed by atoms with Crippen LogP contribution in [0.3, 0.4) is 0 Å². The molecule has 34 heavy (non-hydrogen) atoms. The first kappa shape index (κ1) is 24.2. The van der Waals surface area contributed by atoms with Crippen molar-refractivity contribution < 1.29 is 9.59 Å². The maximum absolute atomic E-state index is 14.1. The van der Waals surface area contributed by atoms with Gasteiger partial charge in [-0.1, -0.05) is 47.6 Å². The predicted octanol–water partition coefficient (Wildman–Crippen LogP) is 5.85. The van der Waals surface area contributed by atoms with Gasteiger partial charge in [0.05, 0.1) is 5.57 Å². The summed E-state index contributed by atoms with van der Waals surface area (Å²) in [5.41, 5.74) is 6.36. The molecular weight excluding hydrogens is 420 g/mol. The molecule has 0 saturated heterocycles. The Labute approximate surface area is 206 Å². The number of rotatable bonds is 1. The van der Waals surface area contributed by atoms with Crippen molar-refractivity contribution in [3.05, 3.63) is 11.6 Å². The third-order valence-electron chi connectivity index (χ3n) is 12.3. The Kier molecular flexibility index (Phi) is 5.19. The van der Waals surface area contributed by atoms with Crippen molar-refractivity contribution in [1.82, 2.24) is 0 Å². The van der Waals surface area contributed by atoms with Crippen LogP contribution in [0, 0.1) is 68.0 Å². The number of fused-ring (bicyclic) bond motifs is 7. The number of nitrogens with two attached hydrogens (primary N) is 1. The highest BCUT2D eigenvalue weighted by Crippen LogP contribution is 2.71. The Bertz CT molecular complexity index is 1000. The summed E-state index contributed by atoms with van der Waals surface area (Å²) in [7, 11) is 0. The molecule has 0 aliphatic heterocycles. The minimum Gasteiger partial charge on any atom is -0.330 e. The maximum Gasteiger partial charge on any atom is 0.178 e. The van der Waals surface area contributed by atoms with E-state index in [2.05, 4.69) is 33.8 Å².